The quantitative estimate of drug-likeness (QED) is 0.280. The number of thioether (sulfide) groups is 1. The molecule has 7 heteroatoms. The SMILES string of the molecule is CCO[Si](CCCSCCC(=O)OC(C)(C)C)(OCC)OCC. The molecular weight excluding hydrogens is 332 g/mol. The van der Waals surface area contributed by atoms with Crippen LogP contribution in [0.1, 0.15) is 54.4 Å². The summed E-state index contributed by atoms with van der Waals surface area (Å²) in [7, 11) is -2.51. The predicted molar refractivity (Wildman–Crippen MR) is 97.8 cm³/mol. The molecule has 0 aromatic rings. The summed E-state index contributed by atoms with van der Waals surface area (Å²) in [6, 6.07) is 0.821. The Hall–Kier alpha value is -0.0831. The number of hydrogen-bond donors (Lipinski definition) is 0. The zero-order valence-corrected chi connectivity index (χ0v) is 17.4. The topological polar surface area (TPSA) is 54.0 Å². The third-order valence-electron chi connectivity index (χ3n) is 2.73. The summed E-state index contributed by atoms with van der Waals surface area (Å²) in [6.45, 7) is 13.4. The van der Waals surface area contributed by atoms with Crippen LogP contribution in [-0.2, 0) is 22.8 Å². The van der Waals surface area contributed by atoms with Gasteiger partial charge < -0.3 is 18.0 Å². The Kier molecular flexibility index (Phi) is 12.3. The van der Waals surface area contributed by atoms with Crippen molar-refractivity contribution >= 4 is 26.5 Å². The smallest absolute Gasteiger partial charge is 0.460 e. The Labute approximate surface area is 147 Å². The summed E-state index contributed by atoms with van der Waals surface area (Å²) in [5.74, 6) is 1.61. The molecule has 0 aromatic heterocycles. The summed E-state index contributed by atoms with van der Waals surface area (Å²) in [6.07, 6.45) is 1.41. The first kappa shape index (κ1) is 22.9. The Morgan fingerprint density at radius 1 is 0.957 bits per heavy atom. The molecule has 0 unspecified atom stereocenters. The molecule has 0 rings (SSSR count). The minimum Gasteiger partial charge on any atom is -0.460 e. The van der Waals surface area contributed by atoms with Gasteiger partial charge in [-0.3, -0.25) is 4.79 Å². The third kappa shape index (κ3) is 12.0. The second-order valence-corrected chi connectivity index (χ2v) is 9.99. The third-order valence-corrected chi connectivity index (χ3v) is 6.96. The highest BCUT2D eigenvalue weighted by molar-refractivity contribution is 7.99. The van der Waals surface area contributed by atoms with Crippen LogP contribution in [0, 0.1) is 0 Å². The van der Waals surface area contributed by atoms with Crippen LogP contribution in [0.4, 0.5) is 0 Å². The van der Waals surface area contributed by atoms with E-state index in [-0.39, 0.29) is 5.97 Å². The number of esters is 1. The highest BCUT2D eigenvalue weighted by atomic mass is 32.2. The molecule has 23 heavy (non-hydrogen) atoms. The monoisotopic (exact) mass is 366 g/mol. The van der Waals surface area contributed by atoms with Crippen molar-refractivity contribution in [2.24, 2.45) is 0 Å². The van der Waals surface area contributed by atoms with Gasteiger partial charge in [-0.2, -0.15) is 11.8 Å². The lowest BCUT2D eigenvalue weighted by molar-refractivity contribution is -0.154. The molecule has 0 radical (unpaired) electrons. The molecule has 0 spiro atoms. The molecule has 0 aromatic carbocycles. The van der Waals surface area contributed by atoms with Crippen LogP contribution in [0.15, 0.2) is 0 Å². The molecular formula is C16H34O5SSi. The molecule has 0 aliphatic carbocycles. The number of ether oxygens (including phenoxy) is 1. The fraction of sp³-hybridized carbons (Fsp3) is 0.938. The minimum absolute atomic E-state index is 0.133. The summed E-state index contributed by atoms with van der Waals surface area (Å²) >= 11 is 1.76. The van der Waals surface area contributed by atoms with Gasteiger partial charge in [0.2, 0.25) is 0 Å². The zero-order chi connectivity index (χ0) is 17.8. The molecule has 0 saturated heterocycles. The van der Waals surface area contributed by atoms with Gasteiger partial charge in [0.25, 0.3) is 0 Å². The minimum atomic E-state index is -2.51. The highest BCUT2D eigenvalue weighted by Crippen LogP contribution is 2.20. The fourth-order valence-corrected chi connectivity index (χ4v) is 5.77. The van der Waals surface area contributed by atoms with Crippen LogP contribution >= 0.6 is 11.8 Å². The van der Waals surface area contributed by atoms with E-state index >= 15 is 0 Å². The molecule has 0 aliphatic heterocycles. The highest BCUT2D eigenvalue weighted by Gasteiger charge is 2.39. The first-order valence-electron chi connectivity index (χ1n) is 8.50. The van der Waals surface area contributed by atoms with Crippen molar-refractivity contribution < 1.29 is 22.8 Å². The second kappa shape index (κ2) is 12.3. The average Bonchev–Trinajstić information content (AvgIpc) is 2.41. The van der Waals surface area contributed by atoms with E-state index in [1.807, 2.05) is 41.5 Å². The van der Waals surface area contributed by atoms with E-state index in [2.05, 4.69) is 0 Å². The normalized spacial score (nSPS) is 12.4. The van der Waals surface area contributed by atoms with Crippen LogP contribution < -0.4 is 0 Å². The van der Waals surface area contributed by atoms with Crippen LogP contribution in [0.25, 0.3) is 0 Å². The van der Waals surface area contributed by atoms with E-state index in [0.29, 0.717) is 26.2 Å². The largest absolute Gasteiger partial charge is 0.500 e. The molecule has 0 amide bonds. The van der Waals surface area contributed by atoms with E-state index in [9.17, 15) is 4.79 Å². The van der Waals surface area contributed by atoms with Gasteiger partial charge in [0.15, 0.2) is 0 Å². The lowest BCUT2D eigenvalue weighted by atomic mass is 10.2. The van der Waals surface area contributed by atoms with Gasteiger partial charge >= 0.3 is 14.8 Å². The summed E-state index contributed by atoms with van der Waals surface area (Å²) in [4.78, 5) is 11.6. The van der Waals surface area contributed by atoms with Gasteiger partial charge in [-0.15, -0.1) is 0 Å². The zero-order valence-electron chi connectivity index (χ0n) is 15.6. The van der Waals surface area contributed by atoms with Crippen molar-refractivity contribution in [3.8, 4) is 0 Å². The molecule has 0 N–H and O–H groups in total. The molecule has 0 bridgehead atoms. The first-order chi connectivity index (χ1) is 10.8. The van der Waals surface area contributed by atoms with E-state index in [1.54, 1.807) is 11.8 Å². The Balaban J connectivity index is 3.99. The van der Waals surface area contributed by atoms with Crippen molar-refractivity contribution in [3.63, 3.8) is 0 Å². The maximum absolute atomic E-state index is 11.6. The lowest BCUT2D eigenvalue weighted by Gasteiger charge is -2.28. The van der Waals surface area contributed by atoms with Gasteiger partial charge in [0.1, 0.15) is 5.60 Å². The van der Waals surface area contributed by atoms with E-state index in [0.717, 1.165) is 24.0 Å². The van der Waals surface area contributed by atoms with E-state index < -0.39 is 14.4 Å². The molecule has 0 atom stereocenters. The lowest BCUT2D eigenvalue weighted by Crippen LogP contribution is -2.46. The molecule has 0 aliphatic rings. The molecule has 138 valence electrons. The van der Waals surface area contributed by atoms with E-state index in [1.165, 1.54) is 0 Å². The second-order valence-electron chi connectivity index (χ2n) is 6.03. The number of carbonyl (C=O) groups excluding carboxylic acids is 1. The van der Waals surface area contributed by atoms with Crippen LogP contribution in [0.2, 0.25) is 6.04 Å². The van der Waals surface area contributed by atoms with Gasteiger partial charge in [-0.05, 0) is 53.7 Å². The first-order valence-corrected chi connectivity index (χ1v) is 11.6. The van der Waals surface area contributed by atoms with E-state index in [4.69, 9.17) is 18.0 Å². The van der Waals surface area contributed by atoms with Crippen LogP contribution in [-0.4, -0.2) is 51.7 Å². The van der Waals surface area contributed by atoms with Crippen molar-refractivity contribution in [2.75, 3.05) is 31.3 Å². The van der Waals surface area contributed by atoms with Crippen molar-refractivity contribution in [3.05, 3.63) is 0 Å². The van der Waals surface area contributed by atoms with Gasteiger partial charge in [0, 0.05) is 31.6 Å². The molecule has 0 fully saturated rings. The number of carbonyl (C=O) groups is 1. The maximum atomic E-state index is 11.6. The van der Waals surface area contributed by atoms with Gasteiger partial charge in [-0.1, -0.05) is 0 Å². The van der Waals surface area contributed by atoms with Crippen molar-refractivity contribution in [1.82, 2.24) is 0 Å². The molecule has 0 heterocycles. The molecule has 0 saturated carbocycles. The van der Waals surface area contributed by atoms with Crippen molar-refractivity contribution in [2.45, 2.75) is 66.0 Å². The Morgan fingerprint density at radius 2 is 1.48 bits per heavy atom. The standard InChI is InChI=1S/C16H34O5SSi/c1-7-18-23(19-8-2,20-9-3)14-10-12-22-13-11-15(17)21-16(4,5)6/h7-14H2,1-6H3. The number of hydrogen-bond acceptors (Lipinski definition) is 6. The van der Waals surface area contributed by atoms with Crippen molar-refractivity contribution in [1.29, 1.82) is 0 Å². The summed E-state index contributed by atoms with van der Waals surface area (Å²) in [5.41, 5.74) is -0.403. The van der Waals surface area contributed by atoms with Crippen LogP contribution in [0.5, 0.6) is 0 Å². The fourth-order valence-electron chi connectivity index (χ4n) is 2.04. The van der Waals surface area contributed by atoms with Gasteiger partial charge in [0.05, 0.1) is 6.42 Å². The maximum Gasteiger partial charge on any atom is 0.500 e. The van der Waals surface area contributed by atoms with Gasteiger partial charge in [-0.25, -0.2) is 0 Å². The number of rotatable bonds is 13. The predicted octanol–water partition coefficient (Wildman–Crippen LogP) is 3.89. The summed E-state index contributed by atoms with van der Waals surface area (Å²) in [5, 5.41) is 0. The molecule has 5 nitrogen and oxygen atoms in total. The summed E-state index contributed by atoms with van der Waals surface area (Å²) < 4.78 is 22.8. The Bertz CT molecular complexity index is 303. The Morgan fingerprint density at radius 3 is 1.91 bits per heavy atom. The average molecular weight is 367 g/mol. The van der Waals surface area contributed by atoms with Crippen LogP contribution in [0.3, 0.4) is 0 Å².